The second-order valence-corrected chi connectivity index (χ2v) is 8.89. The summed E-state index contributed by atoms with van der Waals surface area (Å²) in [6.07, 6.45) is 5.50. The van der Waals surface area contributed by atoms with Crippen LogP contribution < -0.4 is 4.90 Å². The summed E-state index contributed by atoms with van der Waals surface area (Å²) >= 11 is 6.43. The Labute approximate surface area is 187 Å². The number of anilines is 1. The monoisotopic (exact) mass is 433 g/mol. The Bertz CT molecular complexity index is 1260. The third kappa shape index (κ3) is 3.04. The van der Waals surface area contributed by atoms with Crippen molar-refractivity contribution in [2.45, 2.75) is 52.6 Å². The lowest BCUT2D eigenvalue weighted by molar-refractivity contribution is 0.439. The van der Waals surface area contributed by atoms with Crippen LogP contribution in [0.1, 0.15) is 43.6 Å². The zero-order chi connectivity index (χ0) is 21.8. The minimum atomic E-state index is -0.266. The zero-order valence-electron chi connectivity index (χ0n) is 18.4. The summed E-state index contributed by atoms with van der Waals surface area (Å²) < 4.78 is 2.34. The highest BCUT2D eigenvalue weighted by Gasteiger charge is 2.43. The van der Waals surface area contributed by atoms with Crippen LogP contribution in [0.5, 0.6) is 0 Å². The average Bonchev–Trinajstić information content (AvgIpc) is 3.49. The minimum absolute atomic E-state index is 0.266. The first-order valence-electron chi connectivity index (χ1n) is 10.8. The molecule has 4 aromatic rings. The van der Waals surface area contributed by atoms with Gasteiger partial charge in [-0.3, -0.25) is 0 Å². The highest BCUT2D eigenvalue weighted by molar-refractivity contribution is 6.32. The fourth-order valence-corrected chi connectivity index (χ4v) is 5.05. The number of aryl methyl sites for hydroxylation is 3. The number of imidazole rings is 1. The Morgan fingerprint density at radius 3 is 2.71 bits per heavy atom. The van der Waals surface area contributed by atoms with E-state index in [2.05, 4.69) is 58.6 Å². The lowest BCUT2D eigenvalue weighted by Crippen LogP contribution is -2.41. The van der Waals surface area contributed by atoms with Crippen LogP contribution in [-0.2, 0) is 12.1 Å². The Balaban J connectivity index is 1.71. The van der Waals surface area contributed by atoms with E-state index in [9.17, 15) is 0 Å². The molecule has 7 heteroatoms. The molecule has 0 unspecified atom stereocenters. The Morgan fingerprint density at radius 2 is 1.97 bits per heavy atom. The molecule has 1 aliphatic heterocycles. The van der Waals surface area contributed by atoms with Gasteiger partial charge in [0.15, 0.2) is 0 Å². The van der Waals surface area contributed by atoms with Crippen LogP contribution >= 0.6 is 11.6 Å². The van der Waals surface area contributed by atoms with Gasteiger partial charge in [0, 0.05) is 24.2 Å². The van der Waals surface area contributed by atoms with Crippen molar-refractivity contribution in [3.63, 3.8) is 0 Å². The smallest absolute Gasteiger partial charge is 0.135 e. The van der Waals surface area contributed by atoms with Crippen LogP contribution in [0.25, 0.3) is 16.7 Å². The normalized spacial score (nSPS) is 18.9. The summed E-state index contributed by atoms with van der Waals surface area (Å²) in [4.78, 5) is 9.29. The molecular weight excluding hydrogens is 408 g/mol. The molecule has 159 valence electrons. The molecular formula is C24H26ClN6. The Morgan fingerprint density at radius 1 is 1.19 bits per heavy atom. The van der Waals surface area contributed by atoms with E-state index in [1.807, 2.05) is 19.1 Å². The maximum absolute atomic E-state index is 6.43. The van der Waals surface area contributed by atoms with E-state index in [0.29, 0.717) is 0 Å². The van der Waals surface area contributed by atoms with Crippen molar-refractivity contribution < 1.29 is 0 Å². The molecule has 0 amide bonds. The van der Waals surface area contributed by atoms with Crippen molar-refractivity contribution in [1.29, 1.82) is 0 Å². The van der Waals surface area contributed by atoms with E-state index in [4.69, 9.17) is 16.6 Å². The molecule has 1 fully saturated rings. The van der Waals surface area contributed by atoms with Crippen molar-refractivity contribution in [1.82, 2.24) is 24.5 Å². The maximum atomic E-state index is 6.43. The average molecular weight is 434 g/mol. The van der Waals surface area contributed by atoms with Crippen LogP contribution in [-0.4, -0.2) is 31.1 Å². The molecule has 2 aromatic heterocycles. The molecule has 0 N–H and O–H groups in total. The van der Waals surface area contributed by atoms with Crippen LogP contribution in [0.2, 0.25) is 5.02 Å². The van der Waals surface area contributed by atoms with E-state index >= 15 is 0 Å². The molecule has 1 atom stereocenters. The summed E-state index contributed by atoms with van der Waals surface area (Å²) in [7, 11) is 0. The van der Waals surface area contributed by atoms with Gasteiger partial charge in [0.2, 0.25) is 0 Å². The number of fused-ring (bicyclic) bond motifs is 1. The third-order valence-electron chi connectivity index (χ3n) is 6.50. The van der Waals surface area contributed by atoms with Gasteiger partial charge in [0.25, 0.3) is 0 Å². The molecule has 1 saturated heterocycles. The summed E-state index contributed by atoms with van der Waals surface area (Å²) in [5.41, 5.74) is 6.00. The number of aromatic nitrogens is 5. The highest BCUT2D eigenvalue weighted by atomic mass is 35.5. The lowest BCUT2D eigenvalue weighted by Gasteiger charge is -2.37. The summed E-state index contributed by atoms with van der Waals surface area (Å²) in [6, 6.07) is 11.7. The summed E-state index contributed by atoms with van der Waals surface area (Å²) in [5, 5.41) is 9.50. The van der Waals surface area contributed by atoms with E-state index in [1.54, 1.807) is 17.2 Å². The molecule has 0 bridgehead atoms. The molecule has 3 heterocycles. The predicted octanol–water partition coefficient (Wildman–Crippen LogP) is 5.22. The van der Waals surface area contributed by atoms with Gasteiger partial charge < -0.3 is 9.47 Å². The van der Waals surface area contributed by atoms with Crippen molar-refractivity contribution >= 4 is 28.3 Å². The number of hydrogen-bond acceptors (Lipinski definition) is 4. The lowest BCUT2D eigenvalue weighted by atomic mass is 9.96. The van der Waals surface area contributed by atoms with E-state index in [1.165, 1.54) is 0 Å². The molecule has 6 nitrogen and oxygen atoms in total. The van der Waals surface area contributed by atoms with Crippen molar-refractivity contribution in [3.8, 4) is 5.69 Å². The van der Waals surface area contributed by atoms with E-state index in [0.717, 1.165) is 70.3 Å². The SMILES string of the molecule is CCn1c([C@]2(C)CCCN2c2cc(C)c[c]c2-n2nccn2)nc2c(C)c(Cl)ccc21. The van der Waals surface area contributed by atoms with Crippen LogP contribution in [0.15, 0.2) is 36.7 Å². The summed E-state index contributed by atoms with van der Waals surface area (Å²) in [6.45, 7) is 10.4. The first-order valence-corrected chi connectivity index (χ1v) is 11.1. The van der Waals surface area contributed by atoms with Gasteiger partial charge in [-0.2, -0.15) is 10.2 Å². The number of hydrogen-bond donors (Lipinski definition) is 0. The second-order valence-electron chi connectivity index (χ2n) is 8.48. The number of nitrogens with zero attached hydrogens (tertiary/aromatic N) is 6. The van der Waals surface area contributed by atoms with Gasteiger partial charge >= 0.3 is 0 Å². The topological polar surface area (TPSA) is 51.8 Å². The van der Waals surface area contributed by atoms with Gasteiger partial charge in [0.1, 0.15) is 11.5 Å². The van der Waals surface area contributed by atoms with Gasteiger partial charge in [-0.05, 0) is 75.9 Å². The number of rotatable bonds is 4. The number of benzene rings is 2. The Kier molecular flexibility index (Phi) is 4.77. The van der Waals surface area contributed by atoms with Crippen LogP contribution in [0.4, 0.5) is 5.69 Å². The van der Waals surface area contributed by atoms with Gasteiger partial charge in [0.05, 0.1) is 34.7 Å². The quantitative estimate of drug-likeness (QED) is 0.442. The van der Waals surface area contributed by atoms with Crippen molar-refractivity contribution in [2.24, 2.45) is 0 Å². The summed E-state index contributed by atoms with van der Waals surface area (Å²) in [5.74, 6) is 1.08. The van der Waals surface area contributed by atoms with Crippen molar-refractivity contribution in [2.75, 3.05) is 11.4 Å². The molecule has 1 aliphatic rings. The van der Waals surface area contributed by atoms with Gasteiger partial charge in [-0.1, -0.05) is 11.6 Å². The van der Waals surface area contributed by atoms with Crippen LogP contribution in [0.3, 0.4) is 0 Å². The fraction of sp³-hybridized carbons (Fsp3) is 0.375. The molecule has 5 rings (SSSR count). The molecule has 0 aliphatic carbocycles. The molecule has 1 radical (unpaired) electrons. The highest BCUT2D eigenvalue weighted by Crippen LogP contribution is 2.44. The predicted molar refractivity (Wildman–Crippen MR) is 124 cm³/mol. The first kappa shape index (κ1) is 20.1. The first-order chi connectivity index (χ1) is 14.9. The second kappa shape index (κ2) is 7.38. The number of halogens is 1. The maximum Gasteiger partial charge on any atom is 0.135 e. The van der Waals surface area contributed by atoms with Gasteiger partial charge in [-0.15, -0.1) is 4.80 Å². The Hall–Kier alpha value is -2.86. The van der Waals surface area contributed by atoms with Crippen LogP contribution in [0, 0.1) is 19.9 Å². The largest absolute Gasteiger partial charge is 0.357 e. The minimum Gasteiger partial charge on any atom is -0.357 e. The van der Waals surface area contributed by atoms with Crippen molar-refractivity contribution in [3.05, 3.63) is 64.7 Å². The fourth-order valence-electron chi connectivity index (χ4n) is 4.89. The molecule has 0 spiro atoms. The third-order valence-corrected chi connectivity index (χ3v) is 6.91. The van der Waals surface area contributed by atoms with Gasteiger partial charge in [-0.25, -0.2) is 4.98 Å². The van der Waals surface area contributed by atoms with E-state index < -0.39 is 0 Å². The van der Waals surface area contributed by atoms with E-state index in [-0.39, 0.29) is 5.54 Å². The molecule has 31 heavy (non-hydrogen) atoms. The molecule has 0 saturated carbocycles. The zero-order valence-corrected chi connectivity index (χ0v) is 19.1. The standard InChI is InChI=1S/C24H26ClN6/c1-5-29-20-10-8-18(25)17(3)22(20)28-23(29)24(4)11-6-14-30(24)21-15-16(2)7-9-19(21)31-26-12-13-27-31/h7-8,10,12-13,15H,5-6,11,14H2,1-4H3/t24-/m0/s1. The molecule has 2 aromatic carbocycles.